The number of fused-ring (bicyclic) bond motifs is 1. The zero-order valence-corrected chi connectivity index (χ0v) is 9.82. The highest BCUT2D eigenvalue weighted by atomic mass is 79.9. The van der Waals surface area contributed by atoms with E-state index >= 15 is 0 Å². The van der Waals surface area contributed by atoms with E-state index in [-0.39, 0.29) is 4.83 Å². The number of para-hydroxylation sites is 1. The van der Waals surface area contributed by atoms with Gasteiger partial charge in [0, 0.05) is 5.39 Å². The summed E-state index contributed by atoms with van der Waals surface area (Å²) >= 11 is 3.45. The molecule has 0 saturated heterocycles. The minimum Gasteiger partial charge on any atom is -0.250 e. The standard InChI is InChI=1S/C12H9BrN2/c1-8(13)12-10(7-14)6-9-4-2-3-5-11(9)15-12/h2-6,8H,1H3/t8-/m0/s1. The highest BCUT2D eigenvalue weighted by Crippen LogP contribution is 2.25. The van der Waals surface area contributed by atoms with Gasteiger partial charge in [-0.05, 0) is 19.1 Å². The van der Waals surface area contributed by atoms with E-state index in [0.717, 1.165) is 16.6 Å². The zero-order valence-electron chi connectivity index (χ0n) is 8.24. The third kappa shape index (κ3) is 1.86. The zero-order chi connectivity index (χ0) is 10.8. The van der Waals surface area contributed by atoms with Gasteiger partial charge in [0.1, 0.15) is 6.07 Å². The summed E-state index contributed by atoms with van der Waals surface area (Å²) in [6, 6.07) is 11.9. The molecule has 0 amide bonds. The summed E-state index contributed by atoms with van der Waals surface area (Å²) in [5.41, 5.74) is 2.37. The Morgan fingerprint density at radius 3 is 2.80 bits per heavy atom. The van der Waals surface area contributed by atoms with Crippen molar-refractivity contribution in [2.75, 3.05) is 0 Å². The number of nitriles is 1. The van der Waals surface area contributed by atoms with Gasteiger partial charge in [0.05, 0.1) is 21.6 Å². The van der Waals surface area contributed by atoms with Gasteiger partial charge in [-0.15, -0.1) is 0 Å². The van der Waals surface area contributed by atoms with Crippen molar-refractivity contribution in [1.82, 2.24) is 4.98 Å². The summed E-state index contributed by atoms with van der Waals surface area (Å²) in [5.74, 6) is 0. The first kappa shape index (κ1) is 10.1. The maximum absolute atomic E-state index is 9.02. The van der Waals surface area contributed by atoms with E-state index in [9.17, 15) is 0 Å². The number of halogens is 1. The molecule has 2 rings (SSSR count). The first-order valence-corrected chi connectivity index (χ1v) is 5.58. The molecule has 1 heterocycles. The molecule has 0 fully saturated rings. The number of nitrogens with zero attached hydrogens (tertiary/aromatic N) is 2. The number of alkyl halides is 1. The van der Waals surface area contributed by atoms with Crippen LogP contribution in [0.3, 0.4) is 0 Å². The van der Waals surface area contributed by atoms with Crippen molar-refractivity contribution in [1.29, 1.82) is 5.26 Å². The molecule has 1 aromatic carbocycles. The molecule has 0 aliphatic carbocycles. The molecule has 0 radical (unpaired) electrons. The van der Waals surface area contributed by atoms with Crippen LogP contribution in [0.1, 0.15) is 23.0 Å². The van der Waals surface area contributed by atoms with Crippen LogP contribution in [0.25, 0.3) is 10.9 Å². The quantitative estimate of drug-likeness (QED) is 0.736. The van der Waals surface area contributed by atoms with Crippen LogP contribution in [0.2, 0.25) is 0 Å². The molecule has 1 aromatic heterocycles. The van der Waals surface area contributed by atoms with Gasteiger partial charge in [-0.2, -0.15) is 5.26 Å². The summed E-state index contributed by atoms with van der Waals surface area (Å²) in [6.45, 7) is 1.97. The highest BCUT2D eigenvalue weighted by Gasteiger charge is 2.10. The second kappa shape index (κ2) is 4.00. The van der Waals surface area contributed by atoms with Gasteiger partial charge in [0.15, 0.2) is 0 Å². The van der Waals surface area contributed by atoms with Gasteiger partial charge >= 0.3 is 0 Å². The summed E-state index contributed by atoms with van der Waals surface area (Å²) in [6.07, 6.45) is 0. The van der Waals surface area contributed by atoms with E-state index < -0.39 is 0 Å². The van der Waals surface area contributed by atoms with Crippen molar-refractivity contribution in [3.05, 3.63) is 41.6 Å². The molecule has 0 aliphatic heterocycles. The first-order chi connectivity index (χ1) is 7.22. The lowest BCUT2D eigenvalue weighted by molar-refractivity contribution is 1.03. The van der Waals surface area contributed by atoms with E-state index in [4.69, 9.17) is 5.26 Å². The molecule has 2 aromatic rings. The maximum atomic E-state index is 9.02. The number of rotatable bonds is 1. The fourth-order valence-electron chi connectivity index (χ4n) is 1.52. The topological polar surface area (TPSA) is 36.7 Å². The van der Waals surface area contributed by atoms with Crippen molar-refractivity contribution < 1.29 is 0 Å². The molecule has 0 unspecified atom stereocenters. The number of pyridine rings is 1. The number of aromatic nitrogens is 1. The van der Waals surface area contributed by atoms with E-state index in [2.05, 4.69) is 27.0 Å². The molecule has 1 atom stereocenters. The molecule has 15 heavy (non-hydrogen) atoms. The minimum absolute atomic E-state index is 0.0942. The van der Waals surface area contributed by atoms with Gasteiger partial charge in [0.2, 0.25) is 0 Å². The van der Waals surface area contributed by atoms with Crippen LogP contribution < -0.4 is 0 Å². The van der Waals surface area contributed by atoms with Gasteiger partial charge in [-0.25, -0.2) is 0 Å². The van der Waals surface area contributed by atoms with Gasteiger partial charge in [0.25, 0.3) is 0 Å². The third-order valence-corrected chi connectivity index (χ3v) is 2.68. The number of hydrogen-bond acceptors (Lipinski definition) is 2. The van der Waals surface area contributed by atoms with Gasteiger partial charge in [-0.3, -0.25) is 4.98 Å². The van der Waals surface area contributed by atoms with Crippen LogP contribution in [-0.4, -0.2) is 4.98 Å². The van der Waals surface area contributed by atoms with Crippen LogP contribution in [-0.2, 0) is 0 Å². The average molecular weight is 261 g/mol. The number of hydrogen-bond donors (Lipinski definition) is 0. The lowest BCUT2D eigenvalue weighted by Gasteiger charge is -2.06. The van der Waals surface area contributed by atoms with Crippen LogP contribution in [0.15, 0.2) is 30.3 Å². The third-order valence-electron chi connectivity index (χ3n) is 2.25. The monoisotopic (exact) mass is 260 g/mol. The Hall–Kier alpha value is -1.40. The van der Waals surface area contributed by atoms with Crippen molar-refractivity contribution in [2.24, 2.45) is 0 Å². The molecule has 0 N–H and O–H groups in total. The lowest BCUT2D eigenvalue weighted by Crippen LogP contribution is -1.95. The normalized spacial score (nSPS) is 12.3. The van der Waals surface area contributed by atoms with E-state index in [1.807, 2.05) is 37.3 Å². The van der Waals surface area contributed by atoms with Crippen LogP contribution in [0.5, 0.6) is 0 Å². The Kier molecular flexibility index (Phi) is 2.70. The Morgan fingerprint density at radius 1 is 1.40 bits per heavy atom. The molecule has 0 saturated carbocycles. The molecular weight excluding hydrogens is 252 g/mol. The molecule has 0 spiro atoms. The van der Waals surface area contributed by atoms with Crippen LogP contribution >= 0.6 is 15.9 Å². The Bertz CT molecular complexity index is 541. The summed E-state index contributed by atoms with van der Waals surface area (Å²) in [4.78, 5) is 4.57. The highest BCUT2D eigenvalue weighted by molar-refractivity contribution is 9.09. The Balaban J connectivity index is 2.76. The second-order valence-corrected chi connectivity index (χ2v) is 4.72. The van der Waals surface area contributed by atoms with Gasteiger partial charge < -0.3 is 0 Å². The smallest absolute Gasteiger partial charge is 0.101 e. The predicted molar refractivity (Wildman–Crippen MR) is 63.8 cm³/mol. The molecule has 2 nitrogen and oxygen atoms in total. The molecule has 3 heteroatoms. The summed E-state index contributed by atoms with van der Waals surface area (Å²) < 4.78 is 0. The van der Waals surface area contributed by atoms with Crippen molar-refractivity contribution in [3.63, 3.8) is 0 Å². The van der Waals surface area contributed by atoms with Crippen molar-refractivity contribution in [2.45, 2.75) is 11.8 Å². The second-order valence-electron chi connectivity index (χ2n) is 3.34. The lowest BCUT2D eigenvalue weighted by atomic mass is 10.1. The van der Waals surface area contributed by atoms with Crippen LogP contribution in [0, 0.1) is 11.3 Å². The molecule has 0 aliphatic rings. The minimum atomic E-state index is 0.0942. The Morgan fingerprint density at radius 2 is 2.13 bits per heavy atom. The molecule has 0 bridgehead atoms. The number of benzene rings is 1. The summed E-state index contributed by atoms with van der Waals surface area (Å²) in [5, 5.41) is 10.0. The van der Waals surface area contributed by atoms with E-state index in [1.54, 1.807) is 0 Å². The van der Waals surface area contributed by atoms with Crippen molar-refractivity contribution in [3.8, 4) is 6.07 Å². The van der Waals surface area contributed by atoms with Crippen LogP contribution in [0.4, 0.5) is 0 Å². The molecule has 74 valence electrons. The molecular formula is C12H9BrN2. The largest absolute Gasteiger partial charge is 0.250 e. The fraction of sp³-hybridized carbons (Fsp3) is 0.167. The first-order valence-electron chi connectivity index (χ1n) is 4.66. The average Bonchev–Trinajstić information content (AvgIpc) is 2.27. The van der Waals surface area contributed by atoms with Gasteiger partial charge in [-0.1, -0.05) is 34.1 Å². The Labute approximate surface area is 96.7 Å². The SMILES string of the molecule is C[C@H](Br)c1nc2ccccc2cc1C#N. The van der Waals surface area contributed by atoms with E-state index in [0.29, 0.717) is 5.56 Å². The predicted octanol–water partition coefficient (Wildman–Crippen LogP) is 3.56. The fourth-order valence-corrected chi connectivity index (χ4v) is 1.87. The van der Waals surface area contributed by atoms with Crippen molar-refractivity contribution >= 4 is 26.8 Å². The summed E-state index contributed by atoms with van der Waals surface area (Å²) in [7, 11) is 0. The van der Waals surface area contributed by atoms with E-state index in [1.165, 1.54) is 0 Å². The maximum Gasteiger partial charge on any atom is 0.101 e.